The number of amides is 2. The van der Waals surface area contributed by atoms with Gasteiger partial charge in [0.05, 0.1) is 4.88 Å². The zero-order valence-corrected chi connectivity index (χ0v) is 14.3. The topological polar surface area (TPSA) is 58.2 Å². The highest BCUT2D eigenvalue weighted by molar-refractivity contribution is 7.12. The van der Waals surface area contributed by atoms with Gasteiger partial charge in [0.15, 0.2) is 0 Å². The summed E-state index contributed by atoms with van der Waals surface area (Å²) in [6.07, 6.45) is 0.427. The second-order valence-electron chi connectivity index (χ2n) is 5.55. The quantitative estimate of drug-likeness (QED) is 0.712. The van der Waals surface area contributed by atoms with Gasteiger partial charge in [-0.05, 0) is 29.1 Å². The molecular weight excluding hydrogens is 332 g/mol. The SMILES string of the molecule is O=C(NC(Cc1ccccc1)C(=O)Nc1ccccc1)c1cccs1. The van der Waals surface area contributed by atoms with Gasteiger partial charge >= 0.3 is 0 Å². The van der Waals surface area contributed by atoms with Crippen LogP contribution in [0.3, 0.4) is 0 Å². The van der Waals surface area contributed by atoms with E-state index in [1.54, 1.807) is 6.07 Å². The van der Waals surface area contributed by atoms with Crippen molar-refractivity contribution in [3.05, 3.63) is 88.6 Å². The molecule has 0 saturated heterocycles. The summed E-state index contributed by atoms with van der Waals surface area (Å²) in [5.41, 5.74) is 1.69. The Labute approximate surface area is 150 Å². The molecule has 2 N–H and O–H groups in total. The van der Waals surface area contributed by atoms with Crippen LogP contribution in [0.4, 0.5) is 5.69 Å². The average molecular weight is 350 g/mol. The van der Waals surface area contributed by atoms with Gasteiger partial charge in [-0.15, -0.1) is 11.3 Å². The molecule has 0 radical (unpaired) electrons. The average Bonchev–Trinajstić information content (AvgIpc) is 3.18. The third-order valence-corrected chi connectivity index (χ3v) is 4.56. The first kappa shape index (κ1) is 16.9. The highest BCUT2D eigenvalue weighted by Gasteiger charge is 2.22. The molecule has 3 aromatic rings. The van der Waals surface area contributed by atoms with Gasteiger partial charge in [-0.3, -0.25) is 9.59 Å². The number of rotatable bonds is 6. The Bertz CT molecular complexity index is 817. The molecule has 1 atom stereocenters. The normalized spacial score (nSPS) is 11.5. The van der Waals surface area contributed by atoms with Crippen LogP contribution in [0, 0.1) is 0 Å². The lowest BCUT2D eigenvalue weighted by Gasteiger charge is -2.18. The van der Waals surface area contributed by atoms with Crippen molar-refractivity contribution in [3.63, 3.8) is 0 Å². The van der Waals surface area contributed by atoms with Crippen LogP contribution in [0.5, 0.6) is 0 Å². The van der Waals surface area contributed by atoms with Crippen molar-refractivity contribution in [3.8, 4) is 0 Å². The molecule has 0 bridgehead atoms. The molecule has 126 valence electrons. The van der Waals surface area contributed by atoms with E-state index in [2.05, 4.69) is 10.6 Å². The number of hydrogen-bond donors (Lipinski definition) is 2. The number of benzene rings is 2. The van der Waals surface area contributed by atoms with Crippen molar-refractivity contribution in [2.75, 3.05) is 5.32 Å². The molecule has 0 fully saturated rings. The van der Waals surface area contributed by atoms with Crippen molar-refractivity contribution in [2.24, 2.45) is 0 Å². The van der Waals surface area contributed by atoms with Crippen molar-refractivity contribution in [1.29, 1.82) is 0 Å². The number of carbonyl (C=O) groups is 2. The van der Waals surface area contributed by atoms with Crippen molar-refractivity contribution >= 4 is 28.8 Å². The zero-order valence-electron chi connectivity index (χ0n) is 13.5. The monoisotopic (exact) mass is 350 g/mol. The van der Waals surface area contributed by atoms with Gasteiger partial charge in [-0.2, -0.15) is 0 Å². The van der Waals surface area contributed by atoms with E-state index in [-0.39, 0.29) is 11.8 Å². The van der Waals surface area contributed by atoms with Gasteiger partial charge in [0.1, 0.15) is 6.04 Å². The Morgan fingerprint density at radius 2 is 1.56 bits per heavy atom. The fourth-order valence-corrected chi connectivity index (χ4v) is 3.07. The maximum absolute atomic E-state index is 12.7. The highest BCUT2D eigenvalue weighted by Crippen LogP contribution is 2.12. The standard InChI is InChI=1S/C20H18N2O2S/c23-19(21-16-10-5-2-6-11-16)17(14-15-8-3-1-4-9-15)22-20(24)18-12-7-13-25-18/h1-13,17H,14H2,(H,21,23)(H,22,24). The third-order valence-electron chi connectivity index (χ3n) is 3.69. The van der Waals surface area contributed by atoms with E-state index in [0.29, 0.717) is 17.0 Å². The molecule has 2 aromatic carbocycles. The van der Waals surface area contributed by atoms with Crippen molar-refractivity contribution in [2.45, 2.75) is 12.5 Å². The maximum Gasteiger partial charge on any atom is 0.262 e. The second kappa shape index (κ2) is 8.26. The van der Waals surface area contributed by atoms with Crippen LogP contribution in [0.1, 0.15) is 15.2 Å². The minimum Gasteiger partial charge on any atom is -0.339 e. The van der Waals surface area contributed by atoms with Gasteiger partial charge in [-0.25, -0.2) is 0 Å². The predicted octanol–water partition coefficient (Wildman–Crippen LogP) is 3.73. The van der Waals surface area contributed by atoms with Crippen LogP contribution < -0.4 is 10.6 Å². The first-order valence-electron chi connectivity index (χ1n) is 7.96. The first-order chi connectivity index (χ1) is 12.2. The highest BCUT2D eigenvalue weighted by atomic mass is 32.1. The van der Waals surface area contributed by atoms with Gasteiger partial charge < -0.3 is 10.6 Å². The van der Waals surface area contributed by atoms with E-state index in [1.807, 2.05) is 72.1 Å². The summed E-state index contributed by atoms with van der Waals surface area (Å²) in [4.78, 5) is 25.7. The summed E-state index contributed by atoms with van der Waals surface area (Å²) in [7, 11) is 0. The molecule has 25 heavy (non-hydrogen) atoms. The molecule has 0 aliphatic rings. The minimum atomic E-state index is -0.655. The number of hydrogen-bond acceptors (Lipinski definition) is 3. The van der Waals surface area contributed by atoms with Crippen LogP contribution in [-0.2, 0) is 11.2 Å². The summed E-state index contributed by atoms with van der Waals surface area (Å²) in [5, 5.41) is 7.55. The molecule has 2 amide bonds. The largest absolute Gasteiger partial charge is 0.339 e. The van der Waals surface area contributed by atoms with Crippen molar-refractivity contribution < 1.29 is 9.59 Å². The zero-order chi connectivity index (χ0) is 17.5. The fraction of sp³-hybridized carbons (Fsp3) is 0.100. The Morgan fingerprint density at radius 3 is 2.20 bits per heavy atom. The molecule has 0 aliphatic carbocycles. The molecular formula is C20H18N2O2S. The van der Waals surface area contributed by atoms with Crippen LogP contribution >= 0.6 is 11.3 Å². The summed E-state index contributed by atoms with van der Waals surface area (Å²) in [6.45, 7) is 0. The Kier molecular flexibility index (Phi) is 5.59. The lowest BCUT2D eigenvalue weighted by molar-refractivity contribution is -0.118. The Balaban J connectivity index is 1.75. The Morgan fingerprint density at radius 1 is 0.880 bits per heavy atom. The number of thiophene rings is 1. The van der Waals surface area contributed by atoms with Crippen LogP contribution in [0.25, 0.3) is 0 Å². The van der Waals surface area contributed by atoms with E-state index in [0.717, 1.165) is 5.56 Å². The molecule has 1 unspecified atom stereocenters. The van der Waals surface area contributed by atoms with Gasteiger partial charge in [0.2, 0.25) is 5.91 Å². The third kappa shape index (κ3) is 4.78. The second-order valence-corrected chi connectivity index (χ2v) is 6.50. The van der Waals surface area contributed by atoms with E-state index >= 15 is 0 Å². The summed E-state index contributed by atoms with van der Waals surface area (Å²) in [6, 6.07) is 21.8. The molecule has 4 nitrogen and oxygen atoms in total. The first-order valence-corrected chi connectivity index (χ1v) is 8.84. The fourth-order valence-electron chi connectivity index (χ4n) is 2.45. The number of anilines is 1. The summed E-state index contributed by atoms with van der Waals surface area (Å²) in [5.74, 6) is -0.473. The van der Waals surface area contributed by atoms with Gasteiger partial charge in [0.25, 0.3) is 5.91 Å². The number of para-hydroxylation sites is 1. The smallest absolute Gasteiger partial charge is 0.262 e. The summed E-state index contributed by atoms with van der Waals surface area (Å²) < 4.78 is 0. The Hall–Kier alpha value is -2.92. The van der Waals surface area contributed by atoms with Gasteiger partial charge in [0, 0.05) is 12.1 Å². The van der Waals surface area contributed by atoms with E-state index in [9.17, 15) is 9.59 Å². The predicted molar refractivity (Wildman–Crippen MR) is 101 cm³/mol. The molecule has 0 aliphatic heterocycles. The molecule has 1 aromatic heterocycles. The number of carbonyl (C=O) groups excluding carboxylic acids is 2. The molecule has 5 heteroatoms. The maximum atomic E-state index is 12.7. The molecule has 0 spiro atoms. The van der Waals surface area contributed by atoms with Crippen molar-refractivity contribution in [1.82, 2.24) is 5.32 Å². The summed E-state index contributed by atoms with van der Waals surface area (Å²) >= 11 is 1.35. The molecule has 0 saturated carbocycles. The lowest BCUT2D eigenvalue weighted by atomic mass is 10.0. The molecule has 1 heterocycles. The lowest BCUT2D eigenvalue weighted by Crippen LogP contribution is -2.45. The van der Waals surface area contributed by atoms with E-state index < -0.39 is 6.04 Å². The van der Waals surface area contributed by atoms with E-state index in [1.165, 1.54) is 11.3 Å². The minimum absolute atomic E-state index is 0.236. The molecule has 3 rings (SSSR count). The van der Waals surface area contributed by atoms with Crippen LogP contribution in [0.15, 0.2) is 78.2 Å². The van der Waals surface area contributed by atoms with Crippen LogP contribution in [-0.4, -0.2) is 17.9 Å². The van der Waals surface area contributed by atoms with Crippen LogP contribution in [0.2, 0.25) is 0 Å². The van der Waals surface area contributed by atoms with E-state index in [4.69, 9.17) is 0 Å². The number of nitrogens with one attached hydrogen (secondary N) is 2. The van der Waals surface area contributed by atoms with Gasteiger partial charge in [-0.1, -0.05) is 54.6 Å².